The van der Waals surface area contributed by atoms with E-state index in [-0.39, 0.29) is 5.69 Å². The summed E-state index contributed by atoms with van der Waals surface area (Å²) in [6.07, 6.45) is 5.00. The zero-order valence-electron chi connectivity index (χ0n) is 16.0. The zero-order valence-corrected chi connectivity index (χ0v) is 16.8. The van der Waals surface area contributed by atoms with E-state index >= 15 is 0 Å². The van der Waals surface area contributed by atoms with E-state index in [2.05, 4.69) is 21.0 Å². The molecule has 0 radical (unpaired) electrons. The van der Waals surface area contributed by atoms with Crippen LogP contribution in [0, 0.1) is 0 Å². The zero-order chi connectivity index (χ0) is 19.3. The van der Waals surface area contributed by atoms with Crippen LogP contribution < -0.4 is 10.6 Å². The molecule has 4 rings (SSSR count). The standard InChI is InChI=1S/C21H26ClN5O/c22-18-7-6-8-19(17-18)25-15-13-24(14-16-25)10-3-1-4-12-27-21(28)26-11-5-2-9-20(26)23-27/h2,5-9,11,17H,1,3-4,10,12-16H2. The topological polar surface area (TPSA) is 45.8 Å². The molecule has 0 bridgehead atoms. The minimum atomic E-state index is -0.0484. The van der Waals surface area contributed by atoms with Crippen molar-refractivity contribution in [3.63, 3.8) is 0 Å². The SMILES string of the molecule is O=c1n(CCCCCN2CCN(c3cccc(Cl)c3)CC2)nc2ccccn12. The van der Waals surface area contributed by atoms with Crippen LogP contribution in [-0.2, 0) is 6.54 Å². The molecule has 1 fully saturated rings. The van der Waals surface area contributed by atoms with Crippen molar-refractivity contribution >= 4 is 22.9 Å². The van der Waals surface area contributed by atoms with E-state index in [0.717, 1.165) is 57.0 Å². The predicted molar refractivity (Wildman–Crippen MR) is 113 cm³/mol. The molecule has 0 spiro atoms. The minimum Gasteiger partial charge on any atom is -0.369 e. The van der Waals surface area contributed by atoms with Gasteiger partial charge in [-0.2, -0.15) is 0 Å². The molecular weight excluding hydrogens is 374 g/mol. The van der Waals surface area contributed by atoms with Gasteiger partial charge < -0.3 is 4.90 Å². The molecule has 3 heterocycles. The maximum atomic E-state index is 12.3. The third kappa shape index (κ3) is 4.39. The highest BCUT2D eigenvalue weighted by atomic mass is 35.5. The first kappa shape index (κ1) is 19.0. The molecule has 0 atom stereocenters. The number of hydrogen-bond acceptors (Lipinski definition) is 4. The fourth-order valence-electron chi connectivity index (χ4n) is 3.79. The van der Waals surface area contributed by atoms with E-state index in [1.807, 2.05) is 36.4 Å². The van der Waals surface area contributed by atoms with Crippen LogP contribution >= 0.6 is 11.6 Å². The van der Waals surface area contributed by atoms with Crippen molar-refractivity contribution in [2.45, 2.75) is 25.8 Å². The van der Waals surface area contributed by atoms with Crippen LogP contribution in [0.1, 0.15) is 19.3 Å². The molecular formula is C21H26ClN5O. The first-order valence-corrected chi connectivity index (χ1v) is 10.4. The second-order valence-corrected chi connectivity index (χ2v) is 7.74. The lowest BCUT2D eigenvalue weighted by atomic mass is 10.2. The van der Waals surface area contributed by atoms with Gasteiger partial charge in [-0.15, -0.1) is 5.10 Å². The summed E-state index contributed by atoms with van der Waals surface area (Å²) in [7, 11) is 0. The van der Waals surface area contributed by atoms with Gasteiger partial charge in [-0.1, -0.05) is 30.2 Å². The highest BCUT2D eigenvalue weighted by Gasteiger charge is 2.16. The molecule has 1 saturated heterocycles. The lowest BCUT2D eigenvalue weighted by Crippen LogP contribution is -2.46. The van der Waals surface area contributed by atoms with Gasteiger partial charge in [0.05, 0.1) is 0 Å². The van der Waals surface area contributed by atoms with Crippen molar-refractivity contribution in [3.8, 4) is 0 Å². The fourth-order valence-corrected chi connectivity index (χ4v) is 3.97. The lowest BCUT2D eigenvalue weighted by Gasteiger charge is -2.36. The monoisotopic (exact) mass is 399 g/mol. The number of pyridine rings is 1. The van der Waals surface area contributed by atoms with E-state index in [1.54, 1.807) is 15.3 Å². The Hall–Kier alpha value is -2.31. The molecule has 7 heteroatoms. The molecule has 2 aromatic heterocycles. The summed E-state index contributed by atoms with van der Waals surface area (Å²) >= 11 is 6.10. The van der Waals surface area contributed by atoms with Gasteiger partial charge in [-0.05, 0) is 49.7 Å². The Balaban J connectivity index is 1.17. The van der Waals surface area contributed by atoms with Crippen molar-refractivity contribution < 1.29 is 0 Å². The van der Waals surface area contributed by atoms with Crippen LogP contribution in [-0.4, -0.2) is 51.8 Å². The molecule has 0 aliphatic carbocycles. The van der Waals surface area contributed by atoms with Crippen LogP contribution in [0.2, 0.25) is 5.02 Å². The smallest absolute Gasteiger partial charge is 0.350 e. The van der Waals surface area contributed by atoms with Crippen LogP contribution in [0.25, 0.3) is 5.65 Å². The maximum absolute atomic E-state index is 12.3. The Morgan fingerprint density at radius 2 is 1.75 bits per heavy atom. The van der Waals surface area contributed by atoms with Gasteiger partial charge >= 0.3 is 5.69 Å². The Morgan fingerprint density at radius 1 is 0.929 bits per heavy atom. The molecule has 0 N–H and O–H groups in total. The van der Waals surface area contributed by atoms with E-state index in [0.29, 0.717) is 12.2 Å². The maximum Gasteiger partial charge on any atom is 0.350 e. The average molecular weight is 400 g/mol. The number of aromatic nitrogens is 3. The third-order valence-electron chi connectivity index (χ3n) is 5.38. The summed E-state index contributed by atoms with van der Waals surface area (Å²) in [5.41, 5.74) is 1.88. The van der Waals surface area contributed by atoms with E-state index in [9.17, 15) is 4.79 Å². The van der Waals surface area contributed by atoms with Crippen molar-refractivity contribution in [2.75, 3.05) is 37.6 Å². The number of hydrogen-bond donors (Lipinski definition) is 0. The third-order valence-corrected chi connectivity index (χ3v) is 5.61. The Morgan fingerprint density at radius 3 is 2.54 bits per heavy atom. The van der Waals surface area contributed by atoms with Gasteiger partial charge in [-0.25, -0.2) is 9.48 Å². The number of halogens is 1. The number of piperazine rings is 1. The quantitative estimate of drug-likeness (QED) is 0.572. The first-order chi connectivity index (χ1) is 13.7. The molecule has 3 aromatic rings. The van der Waals surface area contributed by atoms with E-state index < -0.39 is 0 Å². The van der Waals surface area contributed by atoms with Crippen LogP contribution in [0.4, 0.5) is 5.69 Å². The van der Waals surface area contributed by atoms with Crippen molar-refractivity contribution in [1.82, 2.24) is 19.1 Å². The fraction of sp³-hybridized carbons (Fsp3) is 0.429. The van der Waals surface area contributed by atoms with Crippen LogP contribution in [0.15, 0.2) is 53.5 Å². The summed E-state index contributed by atoms with van der Waals surface area (Å²) in [5.74, 6) is 0. The second kappa shape index (κ2) is 8.80. The van der Waals surface area contributed by atoms with Gasteiger partial charge in [0.25, 0.3) is 0 Å². The number of rotatable bonds is 7. The molecule has 1 aliphatic heterocycles. The number of anilines is 1. The number of unbranched alkanes of at least 4 members (excludes halogenated alkanes) is 2. The van der Waals surface area contributed by atoms with Crippen molar-refractivity contribution in [3.05, 3.63) is 64.2 Å². The number of benzene rings is 1. The van der Waals surface area contributed by atoms with E-state index in [4.69, 9.17) is 11.6 Å². The average Bonchev–Trinajstić information content (AvgIpc) is 3.04. The molecule has 1 aliphatic rings. The largest absolute Gasteiger partial charge is 0.369 e. The molecule has 6 nitrogen and oxygen atoms in total. The summed E-state index contributed by atoms with van der Waals surface area (Å²) in [4.78, 5) is 17.2. The first-order valence-electron chi connectivity index (χ1n) is 9.98. The highest BCUT2D eigenvalue weighted by Crippen LogP contribution is 2.20. The van der Waals surface area contributed by atoms with Gasteiger partial charge in [0, 0.05) is 49.6 Å². The number of fused-ring (bicyclic) bond motifs is 1. The highest BCUT2D eigenvalue weighted by molar-refractivity contribution is 6.30. The van der Waals surface area contributed by atoms with Crippen LogP contribution in [0.5, 0.6) is 0 Å². The summed E-state index contributed by atoms with van der Waals surface area (Å²) in [5, 5.41) is 5.18. The summed E-state index contributed by atoms with van der Waals surface area (Å²) < 4.78 is 3.18. The number of nitrogens with zero attached hydrogens (tertiary/aromatic N) is 5. The molecule has 0 saturated carbocycles. The lowest BCUT2D eigenvalue weighted by molar-refractivity contribution is 0.251. The van der Waals surface area contributed by atoms with Crippen LogP contribution in [0.3, 0.4) is 0 Å². The predicted octanol–water partition coefficient (Wildman–Crippen LogP) is 3.14. The van der Waals surface area contributed by atoms with Crippen molar-refractivity contribution in [1.29, 1.82) is 0 Å². The van der Waals surface area contributed by atoms with E-state index in [1.165, 1.54) is 5.69 Å². The normalized spacial score (nSPS) is 15.4. The van der Waals surface area contributed by atoms with Gasteiger partial charge in [0.2, 0.25) is 0 Å². The Labute approximate surface area is 169 Å². The number of aryl methyl sites for hydroxylation is 1. The van der Waals surface area contributed by atoms with Gasteiger partial charge in [-0.3, -0.25) is 9.30 Å². The van der Waals surface area contributed by atoms with Gasteiger partial charge in [0.15, 0.2) is 5.65 Å². The van der Waals surface area contributed by atoms with Crippen molar-refractivity contribution in [2.24, 2.45) is 0 Å². The Bertz CT molecular complexity index is 974. The molecule has 1 aromatic carbocycles. The molecule has 28 heavy (non-hydrogen) atoms. The molecule has 0 amide bonds. The molecule has 0 unspecified atom stereocenters. The second-order valence-electron chi connectivity index (χ2n) is 7.30. The summed E-state index contributed by atoms with van der Waals surface area (Å²) in [6, 6.07) is 13.7. The Kier molecular flexibility index (Phi) is 5.98. The summed E-state index contributed by atoms with van der Waals surface area (Å²) in [6.45, 7) is 6.04. The minimum absolute atomic E-state index is 0.0484. The van der Waals surface area contributed by atoms with Gasteiger partial charge in [0.1, 0.15) is 0 Å². The molecule has 148 valence electrons.